The minimum Gasteiger partial charge on any atom is -1.00 e. The Balaban J connectivity index is -0.000000141. The van der Waals surface area contributed by atoms with Gasteiger partial charge in [-0.3, -0.25) is 14.8 Å². The Hall–Kier alpha value is 1.60. The largest absolute Gasteiger partial charge is 1.00 e. The molecule has 0 aromatic carbocycles. The number of rotatable bonds is 6. The number of hydrogen-bond donors (Lipinski definition) is 4. The Labute approximate surface area is 178 Å². The molecule has 0 bridgehead atoms. The third kappa shape index (κ3) is 7.84. The van der Waals surface area contributed by atoms with Gasteiger partial charge in [-0.05, 0) is 0 Å². The molecule has 4 N–H and O–H groups in total. The van der Waals surface area contributed by atoms with E-state index in [2.05, 4.69) is 4.89 Å². The minimum absolute atomic E-state index is 0. The van der Waals surface area contributed by atoms with Crippen LogP contribution in [0.3, 0.4) is 0 Å². The standard InChI is InChI=1S/C6H8O8.2K.2H/c7-3(8)1-6(14-13,5(11)12)2-4(9)10;;;;/h13H,1-2H2,(H,7,8)(H,9,10)(H,11,12);;;;/q;2*+1;2*-1. The fraction of sp³-hybridized carbons (Fsp3) is 0.500. The molecule has 0 radical (unpaired) electrons. The van der Waals surface area contributed by atoms with Gasteiger partial charge in [0.15, 0.2) is 0 Å². The van der Waals surface area contributed by atoms with Gasteiger partial charge in [0.2, 0.25) is 5.60 Å². The maximum absolute atomic E-state index is 10.5. The van der Waals surface area contributed by atoms with Crippen LogP contribution < -0.4 is 103 Å². The predicted octanol–water partition coefficient (Wildman–Crippen LogP) is -6.52. The Morgan fingerprint density at radius 2 is 1.31 bits per heavy atom. The summed E-state index contributed by atoms with van der Waals surface area (Å²) in [5.74, 6) is -5.05. The van der Waals surface area contributed by atoms with E-state index in [0.29, 0.717) is 0 Å². The van der Waals surface area contributed by atoms with Gasteiger partial charge in [0.1, 0.15) is 0 Å². The molecule has 0 unspecified atom stereocenters. The summed E-state index contributed by atoms with van der Waals surface area (Å²) in [5.41, 5.74) is -2.64. The molecule has 84 valence electrons. The van der Waals surface area contributed by atoms with Crippen molar-refractivity contribution in [1.82, 2.24) is 0 Å². The predicted molar refractivity (Wildman–Crippen MR) is 40.8 cm³/mol. The second kappa shape index (κ2) is 10.5. The van der Waals surface area contributed by atoms with E-state index in [1.807, 2.05) is 0 Å². The first kappa shape index (κ1) is 22.8. The van der Waals surface area contributed by atoms with E-state index in [9.17, 15) is 14.4 Å². The minimum atomic E-state index is -2.64. The summed E-state index contributed by atoms with van der Waals surface area (Å²) in [7, 11) is 0. The average molecular weight is 288 g/mol. The van der Waals surface area contributed by atoms with Crippen molar-refractivity contribution in [3.63, 3.8) is 0 Å². The number of carbonyl (C=O) groups is 3. The quantitative estimate of drug-likeness (QED) is 0.215. The van der Waals surface area contributed by atoms with E-state index in [1.165, 1.54) is 0 Å². The van der Waals surface area contributed by atoms with Crippen LogP contribution in [0.25, 0.3) is 0 Å². The van der Waals surface area contributed by atoms with E-state index in [0.717, 1.165) is 0 Å². The molecule has 0 aliphatic rings. The van der Waals surface area contributed by atoms with Gasteiger partial charge < -0.3 is 18.2 Å². The second-order valence-corrected chi connectivity index (χ2v) is 2.53. The van der Waals surface area contributed by atoms with Crippen LogP contribution in [0, 0.1) is 0 Å². The molecular weight excluding hydrogens is 278 g/mol. The molecule has 10 heteroatoms. The number of carboxylic acid groups (broad SMARTS) is 3. The molecule has 0 rings (SSSR count). The fourth-order valence-corrected chi connectivity index (χ4v) is 0.806. The molecule has 16 heavy (non-hydrogen) atoms. The molecule has 0 fully saturated rings. The van der Waals surface area contributed by atoms with Crippen molar-refractivity contribution in [3.05, 3.63) is 0 Å². The molecule has 0 aliphatic heterocycles. The summed E-state index contributed by atoms with van der Waals surface area (Å²) < 4.78 is 0. The number of carboxylic acids is 3. The van der Waals surface area contributed by atoms with Crippen LogP contribution in [0.5, 0.6) is 0 Å². The Morgan fingerprint density at radius 1 is 1.00 bits per heavy atom. The summed E-state index contributed by atoms with van der Waals surface area (Å²) in [6.07, 6.45) is -2.30. The Bertz CT molecular complexity index is 258. The summed E-state index contributed by atoms with van der Waals surface area (Å²) in [6.45, 7) is 0. The van der Waals surface area contributed by atoms with E-state index in [1.54, 1.807) is 0 Å². The van der Waals surface area contributed by atoms with Gasteiger partial charge in [-0.1, -0.05) is 0 Å². The molecule has 0 saturated carbocycles. The smallest absolute Gasteiger partial charge is 1.00 e. The van der Waals surface area contributed by atoms with Crippen molar-refractivity contribution < 1.29 is 145 Å². The summed E-state index contributed by atoms with van der Waals surface area (Å²) in [4.78, 5) is 34.4. The fourth-order valence-electron chi connectivity index (χ4n) is 0.806. The van der Waals surface area contributed by atoms with Crippen molar-refractivity contribution in [2.75, 3.05) is 0 Å². The van der Waals surface area contributed by atoms with Gasteiger partial charge in [0.05, 0.1) is 12.8 Å². The van der Waals surface area contributed by atoms with Gasteiger partial charge >= 0.3 is 121 Å². The first-order valence-corrected chi connectivity index (χ1v) is 3.33. The van der Waals surface area contributed by atoms with Gasteiger partial charge in [0, 0.05) is 0 Å². The monoisotopic (exact) mass is 288 g/mol. The first-order chi connectivity index (χ1) is 6.34. The van der Waals surface area contributed by atoms with Crippen LogP contribution in [-0.4, -0.2) is 44.1 Å². The number of aliphatic carboxylic acids is 3. The average Bonchev–Trinajstić information content (AvgIpc) is 2.00. The van der Waals surface area contributed by atoms with Crippen molar-refractivity contribution in [3.8, 4) is 0 Å². The first-order valence-electron chi connectivity index (χ1n) is 3.33. The van der Waals surface area contributed by atoms with Crippen LogP contribution in [0.4, 0.5) is 0 Å². The third-order valence-electron chi connectivity index (χ3n) is 1.44. The maximum atomic E-state index is 10.5. The maximum Gasteiger partial charge on any atom is 1.00 e. The molecule has 8 nitrogen and oxygen atoms in total. The second-order valence-electron chi connectivity index (χ2n) is 2.53. The van der Waals surface area contributed by atoms with E-state index in [4.69, 9.17) is 20.6 Å². The van der Waals surface area contributed by atoms with Crippen LogP contribution in [0.1, 0.15) is 15.7 Å². The third-order valence-corrected chi connectivity index (χ3v) is 1.44. The van der Waals surface area contributed by atoms with Gasteiger partial charge in [-0.2, -0.15) is 0 Å². The molecule has 0 amide bonds. The zero-order valence-electron chi connectivity index (χ0n) is 10.8. The van der Waals surface area contributed by atoms with Crippen LogP contribution >= 0.6 is 0 Å². The molecule has 0 aromatic heterocycles. The molecule has 0 atom stereocenters. The molecule has 0 heterocycles. The van der Waals surface area contributed by atoms with Crippen LogP contribution in [0.2, 0.25) is 0 Å². The molecule has 0 saturated heterocycles. The zero-order valence-corrected chi connectivity index (χ0v) is 15.1. The molecule has 0 aliphatic carbocycles. The molecular formula is C6H10K2O8. The van der Waals surface area contributed by atoms with E-state index >= 15 is 0 Å². The van der Waals surface area contributed by atoms with Crippen molar-refractivity contribution >= 4 is 17.9 Å². The topological polar surface area (TPSA) is 141 Å². The normalized spacial score (nSPS) is 9.56. The molecule has 0 aromatic rings. The van der Waals surface area contributed by atoms with Crippen molar-refractivity contribution in [2.24, 2.45) is 0 Å². The van der Waals surface area contributed by atoms with Gasteiger partial charge in [0.25, 0.3) is 0 Å². The SMILES string of the molecule is O=C(O)CC(CC(=O)O)(OO)C(=O)O.[H-].[H-].[K+].[K+]. The summed E-state index contributed by atoms with van der Waals surface area (Å²) >= 11 is 0. The van der Waals surface area contributed by atoms with Crippen molar-refractivity contribution in [2.45, 2.75) is 18.4 Å². The van der Waals surface area contributed by atoms with E-state index < -0.39 is 36.4 Å². The summed E-state index contributed by atoms with van der Waals surface area (Å²) in [6, 6.07) is 0. The Morgan fingerprint density at radius 3 is 1.44 bits per heavy atom. The van der Waals surface area contributed by atoms with Crippen molar-refractivity contribution in [1.29, 1.82) is 0 Å². The van der Waals surface area contributed by atoms with E-state index in [-0.39, 0.29) is 106 Å². The van der Waals surface area contributed by atoms with Crippen LogP contribution in [-0.2, 0) is 19.3 Å². The Kier molecular flexibility index (Phi) is 15.0. The zero-order chi connectivity index (χ0) is 11.4. The summed E-state index contributed by atoms with van der Waals surface area (Å²) in [5, 5.41) is 33.3. The number of hydrogen-bond acceptors (Lipinski definition) is 5. The van der Waals surface area contributed by atoms with Gasteiger partial charge in [-0.25, -0.2) is 9.68 Å². The molecule has 0 spiro atoms. The van der Waals surface area contributed by atoms with Gasteiger partial charge in [-0.15, -0.1) is 0 Å². The van der Waals surface area contributed by atoms with Crippen LogP contribution in [0.15, 0.2) is 0 Å².